The third-order valence-corrected chi connectivity index (χ3v) is 2.83. The van der Waals surface area contributed by atoms with Crippen LogP contribution in [0.3, 0.4) is 0 Å². The van der Waals surface area contributed by atoms with Crippen LogP contribution in [0, 0.1) is 23.3 Å². The molecule has 0 heterocycles. The molecule has 0 radical (unpaired) electrons. The van der Waals surface area contributed by atoms with Gasteiger partial charge in [0, 0.05) is 5.57 Å². The van der Waals surface area contributed by atoms with Crippen molar-refractivity contribution in [2.45, 2.75) is 11.8 Å². The molecule has 5 nitrogen and oxygen atoms in total. The molecule has 0 fully saturated rings. The number of halogens is 4. The van der Waals surface area contributed by atoms with E-state index >= 15 is 0 Å². The number of ether oxygens (including phenoxy) is 1. The number of rotatable bonds is 3. The Balaban J connectivity index is 0.00000400. The minimum absolute atomic E-state index is 0. The summed E-state index contributed by atoms with van der Waals surface area (Å²) in [6.45, 7) is 4.14. The molecule has 1 aromatic rings. The van der Waals surface area contributed by atoms with Crippen molar-refractivity contribution in [3.8, 4) is 5.75 Å². The van der Waals surface area contributed by atoms with Crippen molar-refractivity contribution >= 4 is 16.1 Å². The number of carbonyl (C=O) groups is 1. The fraction of sp³-hybridized carbons (Fsp3) is 0.100. The second-order valence-electron chi connectivity index (χ2n) is 3.54. The molecular formula is C10H5F4NaO5S. The van der Waals surface area contributed by atoms with Crippen LogP contribution in [-0.4, -0.2) is 18.9 Å². The fourth-order valence-electron chi connectivity index (χ4n) is 1.08. The van der Waals surface area contributed by atoms with E-state index in [9.17, 15) is 35.3 Å². The smallest absolute Gasteiger partial charge is 0.744 e. The molecule has 1 rings (SSSR count). The van der Waals surface area contributed by atoms with E-state index in [1.807, 2.05) is 0 Å². The number of benzene rings is 1. The summed E-state index contributed by atoms with van der Waals surface area (Å²) in [5, 5.41) is 0. The third-order valence-electron chi connectivity index (χ3n) is 1.98. The molecule has 0 aliphatic rings. The summed E-state index contributed by atoms with van der Waals surface area (Å²) in [4.78, 5) is 8.71. The van der Waals surface area contributed by atoms with Crippen LogP contribution < -0.4 is 34.3 Å². The minimum atomic E-state index is -5.81. The van der Waals surface area contributed by atoms with Crippen LogP contribution in [0.2, 0.25) is 0 Å². The SMILES string of the molecule is C=C(C)C(=O)Oc1c(F)c(F)c(S(=O)(=O)[O-])c(F)c1F.[Na+]. The van der Waals surface area contributed by atoms with Crippen LogP contribution in [0.25, 0.3) is 0 Å². The van der Waals surface area contributed by atoms with Crippen LogP contribution >= 0.6 is 0 Å². The topological polar surface area (TPSA) is 83.5 Å². The van der Waals surface area contributed by atoms with Gasteiger partial charge >= 0.3 is 35.5 Å². The molecule has 0 unspecified atom stereocenters. The van der Waals surface area contributed by atoms with Gasteiger partial charge in [0.05, 0.1) is 0 Å². The Bertz CT molecular complexity index is 688. The van der Waals surface area contributed by atoms with Crippen LogP contribution in [0.5, 0.6) is 5.75 Å². The maximum atomic E-state index is 13.4. The molecule has 0 saturated heterocycles. The van der Waals surface area contributed by atoms with Gasteiger partial charge in [0.15, 0.2) is 11.6 Å². The minimum Gasteiger partial charge on any atom is -0.744 e. The Labute approximate surface area is 138 Å². The molecule has 0 aliphatic heterocycles. The molecule has 21 heavy (non-hydrogen) atoms. The standard InChI is InChI=1S/C10H6F4O5S.Na/c1-3(2)10(15)19-8-4(11)6(13)9(20(16,17)18)7(14)5(8)12;/h1H2,2H3,(H,16,17,18);/q;+1/p-1. The molecule has 0 aromatic heterocycles. The average Bonchev–Trinajstić information content (AvgIpc) is 2.30. The summed E-state index contributed by atoms with van der Waals surface area (Å²) < 4.78 is 88.9. The van der Waals surface area contributed by atoms with Crippen molar-refractivity contribution < 1.29 is 69.6 Å². The quantitative estimate of drug-likeness (QED) is 0.129. The number of hydrogen-bond donors (Lipinski definition) is 0. The van der Waals surface area contributed by atoms with Gasteiger partial charge in [0.1, 0.15) is 15.0 Å². The Morgan fingerprint density at radius 3 is 1.76 bits per heavy atom. The molecule has 0 amide bonds. The molecule has 0 atom stereocenters. The summed E-state index contributed by atoms with van der Waals surface area (Å²) in [6, 6.07) is 0. The van der Waals surface area contributed by atoms with Crippen LogP contribution in [0.4, 0.5) is 17.6 Å². The summed E-state index contributed by atoms with van der Waals surface area (Å²) in [6.07, 6.45) is 0. The Morgan fingerprint density at radius 2 is 1.48 bits per heavy atom. The monoisotopic (exact) mass is 336 g/mol. The van der Waals surface area contributed by atoms with Crippen LogP contribution in [0.15, 0.2) is 17.0 Å². The first-order valence-electron chi connectivity index (χ1n) is 4.68. The van der Waals surface area contributed by atoms with Gasteiger partial charge in [-0.05, 0) is 6.92 Å². The number of carbonyl (C=O) groups excluding carboxylic acids is 1. The first-order chi connectivity index (χ1) is 8.98. The maximum Gasteiger partial charge on any atom is 1.00 e. The van der Waals surface area contributed by atoms with Gasteiger partial charge in [0.25, 0.3) is 0 Å². The summed E-state index contributed by atoms with van der Waals surface area (Å²) in [5.74, 6) is -12.8. The Hall–Kier alpha value is -0.940. The van der Waals surface area contributed by atoms with Crippen molar-refractivity contribution in [1.82, 2.24) is 0 Å². The van der Waals surface area contributed by atoms with E-state index in [0.29, 0.717) is 0 Å². The fourth-order valence-corrected chi connectivity index (χ4v) is 1.70. The summed E-state index contributed by atoms with van der Waals surface area (Å²) >= 11 is 0. The second-order valence-corrected chi connectivity index (χ2v) is 4.85. The van der Waals surface area contributed by atoms with Gasteiger partial charge in [-0.25, -0.2) is 22.0 Å². The van der Waals surface area contributed by atoms with Crippen molar-refractivity contribution in [3.63, 3.8) is 0 Å². The largest absolute Gasteiger partial charge is 1.00 e. The molecule has 0 N–H and O–H groups in total. The summed E-state index contributed by atoms with van der Waals surface area (Å²) in [5.41, 5.74) is -0.342. The molecule has 0 spiro atoms. The third kappa shape index (κ3) is 4.04. The van der Waals surface area contributed by atoms with Crippen LogP contribution in [0.1, 0.15) is 6.92 Å². The molecule has 1 aromatic carbocycles. The predicted molar refractivity (Wildman–Crippen MR) is 54.7 cm³/mol. The molecule has 11 heteroatoms. The van der Waals surface area contributed by atoms with Gasteiger partial charge in [-0.2, -0.15) is 8.78 Å². The first kappa shape index (κ1) is 20.1. The Morgan fingerprint density at radius 1 is 1.10 bits per heavy atom. The van der Waals surface area contributed by atoms with E-state index in [1.165, 1.54) is 0 Å². The number of esters is 1. The van der Waals surface area contributed by atoms with Crippen molar-refractivity contribution in [2.24, 2.45) is 0 Å². The van der Waals surface area contributed by atoms with Gasteiger partial charge in [-0.1, -0.05) is 6.58 Å². The van der Waals surface area contributed by atoms with E-state index in [4.69, 9.17) is 0 Å². The molecule has 0 bridgehead atoms. The molecular weight excluding hydrogens is 331 g/mol. The van der Waals surface area contributed by atoms with Gasteiger partial charge in [-0.3, -0.25) is 0 Å². The predicted octanol–water partition coefficient (Wildman–Crippen LogP) is -1.37. The van der Waals surface area contributed by atoms with Crippen LogP contribution in [-0.2, 0) is 14.9 Å². The van der Waals surface area contributed by atoms with E-state index in [-0.39, 0.29) is 35.1 Å². The first-order valence-corrected chi connectivity index (χ1v) is 6.08. The average molecular weight is 336 g/mol. The maximum absolute atomic E-state index is 13.4. The normalized spacial score (nSPS) is 10.8. The van der Waals surface area contributed by atoms with Gasteiger partial charge in [0.2, 0.25) is 17.4 Å². The zero-order valence-electron chi connectivity index (χ0n) is 10.7. The Kier molecular flexibility index (Phi) is 6.57. The van der Waals surface area contributed by atoms with E-state index in [0.717, 1.165) is 6.92 Å². The zero-order valence-corrected chi connectivity index (χ0v) is 13.5. The second kappa shape index (κ2) is 6.88. The molecule has 0 aliphatic carbocycles. The molecule has 110 valence electrons. The number of hydrogen-bond acceptors (Lipinski definition) is 5. The van der Waals surface area contributed by atoms with E-state index in [2.05, 4.69) is 11.3 Å². The zero-order chi connectivity index (χ0) is 15.8. The van der Waals surface area contributed by atoms with E-state index < -0.39 is 50.0 Å². The van der Waals surface area contributed by atoms with Crippen molar-refractivity contribution in [1.29, 1.82) is 0 Å². The van der Waals surface area contributed by atoms with Gasteiger partial charge in [-0.15, -0.1) is 0 Å². The van der Waals surface area contributed by atoms with Crippen molar-refractivity contribution in [3.05, 3.63) is 35.4 Å². The van der Waals surface area contributed by atoms with Crippen molar-refractivity contribution in [2.75, 3.05) is 0 Å². The molecule has 0 saturated carbocycles. The van der Waals surface area contributed by atoms with E-state index in [1.54, 1.807) is 0 Å². The van der Waals surface area contributed by atoms with Gasteiger partial charge < -0.3 is 9.29 Å². The summed E-state index contributed by atoms with van der Waals surface area (Å²) in [7, 11) is -5.81.